The Balaban J connectivity index is 1.47. The number of rotatable bonds is 7. The van der Waals surface area contributed by atoms with Crippen LogP contribution in [0.4, 0.5) is 17.3 Å². The van der Waals surface area contributed by atoms with Gasteiger partial charge in [0.05, 0.1) is 23.8 Å². The number of sulfone groups is 1. The number of guanidine groups is 1. The normalized spacial score (nSPS) is 11.4. The highest BCUT2D eigenvalue weighted by Crippen LogP contribution is 2.25. The molecular weight excluding hydrogens is 488 g/mol. The van der Waals surface area contributed by atoms with E-state index in [1.165, 1.54) is 24.5 Å². The van der Waals surface area contributed by atoms with Crippen LogP contribution in [0.15, 0.2) is 100 Å². The number of hydrogen-bond acceptors (Lipinski definition) is 8. The summed E-state index contributed by atoms with van der Waals surface area (Å²) in [4.78, 5) is 18.8. The largest absolute Gasteiger partial charge is 0.325 e. The second-order valence-corrected chi connectivity index (χ2v) is 9.92. The zero-order valence-electron chi connectivity index (χ0n) is 20.2. The number of aliphatic imine (C=N–C) groups is 1. The summed E-state index contributed by atoms with van der Waals surface area (Å²) in [6, 6.07) is 17.7. The van der Waals surface area contributed by atoms with Crippen molar-refractivity contribution in [3.8, 4) is 6.19 Å². The number of nitriles is 1. The predicted molar refractivity (Wildman–Crippen MR) is 141 cm³/mol. The Morgan fingerprint density at radius 3 is 2.32 bits per heavy atom. The van der Waals surface area contributed by atoms with E-state index in [-0.39, 0.29) is 22.3 Å². The van der Waals surface area contributed by atoms with Gasteiger partial charge in [0.1, 0.15) is 4.90 Å². The number of aromatic nitrogens is 3. The lowest BCUT2D eigenvalue weighted by Gasteiger charge is -2.19. The third-order valence-electron chi connectivity index (χ3n) is 5.47. The first-order valence-electron chi connectivity index (χ1n) is 11.2. The molecule has 186 valence electrons. The van der Waals surface area contributed by atoms with Crippen LogP contribution in [0.3, 0.4) is 0 Å². The molecule has 0 saturated heterocycles. The molecule has 2 aromatic heterocycles. The molecule has 0 fully saturated rings. The SMILES string of the molecule is Cc1ccccc1N(C)c1ncc(S(=O)(=O)c2ccc(CN=C(NC#N)Nc3ccncc3)cc2)cn1. The number of benzene rings is 2. The molecule has 0 saturated carbocycles. The monoisotopic (exact) mass is 512 g/mol. The van der Waals surface area contributed by atoms with Gasteiger partial charge in [0.2, 0.25) is 21.7 Å². The molecule has 0 unspecified atom stereocenters. The van der Waals surface area contributed by atoms with Crippen molar-refractivity contribution in [2.75, 3.05) is 17.3 Å². The number of pyridine rings is 1. The Bertz CT molecular complexity index is 1530. The van der Waals surface area contributed by atoms with Crippen molar-refractivity contribution in [3.63, 3.8) is 0 Å². The maximum Gasteiger partial charge on any atom is 0.229 e. The molecule has 0 aliphatic carbocycles. The molecule has 0 amide bonds. The van der Waals surface area contributed by atoms with Crippen LogP contribution in [-0.4, -0.2) is 36.4 Å². The highest BCUT2D eigenvalue weighted by Gasteiger charge is 2.20. The molecule has 0 atom stereocenters. The summed E-state index contributed by atoms with van der Waals surface area (Å²) in [7, 11) is -1.97. The highest BCUT2D eigenvalue weighted by molar-refractivity contribution is 7.91. The van der Waals surface area contributed by atoms with E-state index < -0.39 is 9.84 Å². The van der Waals surface area contributed by atoms with Crippen molar-refractivity contribution < 1.29 is 8.42 Å². The van der Waals surface area contributed by atoms with Crippen molar-refractivity contribution in [1.82, 2.24) is 20.3 Å². The molecule has 2 N–H and O–H groups in total. The van der Waals surface area contributed by atoms with Gasteiger partial charge in [-0.25, -0.2) is 23.4 Å². The second kappa shape index (κ2) is 11.3. The first-order chi connectivity index (χ1) is 17.9. The second-order valence-electron chi connectivity index (χ2n) is 7.97. The van der Waals surface area contributed by atoms with Gasteiger partial charge in [0.25, 0.3) is 0 Å². The molecule has 10 nitrogen and oxygen atoms in total. The lowest BCUT2D eigenvalue weighted by molar-refractivity contribution is 0.595. The molecule has 0 radical (unpaired) electrons. The predicted octanol–water partition coefficient (Wildman–Crippen LogP) is 3.82. The average molecular weight is 513 g/mol. The van der Waals surface area contributed by atoms with Gasteiger partial charge in [-0.05, 0) is 48.4 Å². The average Bonchev–Trinajstić information content (AvgIpc) is 2.92. The van der Waals surface area contributed by atoms with Crippen LogP contribution in [0.2, 0.25) is 0 Å². The van der Waals surface area contributed by atoms with E-state index in [0.29, 0.717) is 5.95 Å². The van der Waals surface area contributed by atoms with E-state index in [9.17, 15) is 8.42 Å². The minimum atomic E-state index is -3.80. The van der Waals surface area contributed by atoms with Crippen LogP contribution in [0, 0.1) is 18.4 Å². The molecule has 0 spiro atoms. The van der Waals surface area contributed by atoms with Gasteiger partial charge in [-0.2, -0.15) is 5.26 Å². The van der Waals surface area contributed by atoms with Gasteiger partial charge in [0, 0.05) is 30.8 Å². The summed E-state index contributed by atoms with van der Waals surface area (Å²) in [5.41, 5.74) is 3.47. The summed E-state index contributed by atoms with van der Waals surface area (Å²) in [6.45, 7) is 2.21. The molecule has 0 aliphatic rings. The highest BCUT2D eigenvalue weighted by atomic mass is 32.2. The molecule has 0 aliphatic heterocycles. The number of nitrogens with one attached hydrogen (secondary N) is 2. The van der Waals surface area contributed by atoms with Crippen LogP contribution in [0.5, 0.6) is 0 Å². The van der Waals surface area contributed by atoms with Crippen LogP contribution in [0.1, 0.15) is 11.1 Å². The molecule has 0 bridgehead atoms. The van der Waals surface area contributed by atoms with E-state index in [1.54, 1.807) is 41.6 Å². The maximum atomic E-state index is 13.1. The topological polar surface area (TPSA) is 136 Å². The zero-order valence-corrected chi connectivity index (χ0v) is 21.0. The van der Waals surface area contributed by atoms with E-state index in [1.807, 2.05) is 44.4 Å². The van der Waals surface area contributed by atoms with Crippen molar-refractivity contribution >= 4 is 33.1 Å². The number of aryl methyl sites for hydroxylation is 1. The fourth-order valence-corrected chi connectivity index (χ4v) is 4.63. The Labute approximate surface area is 215 Å². The molecule has 4 aromatic rings. The van der Waals surface area contributed by atoms with E-state index in [4.69, 9.17) is 5.26 Å². The van der Waals surface area contributed by atoms with Gasteiger partial charge in [-0.15, -0.1) is 0 Å². The van der Waals surface area contributed by atoms with Crippen LogP contribution >= 0.6 is 0 Å². The quantitative estimate of drug-likeness (QED) is 0.164. The first-order valence-corrected chi connectivity index (χ1v) is 12.7. The number of hydrogen-bond donors (Lipinski definition) is 2. The molecule has 2 aromatic carbocycles. The van der Waals surface area contributed by atoms with Gasteiger partial charge in [-0.3, -0.25) is 10.3 Å². The minimum Gasteiger partial charge on any atom is -0.325 e. The Morgan fingerprint density at radius 1 is 1.00 bits per heavy atom. The number of nitrogens with zero attached hydrogens (tertiary/aromatic N) is 6. The fraction of sp³-hybridized carbons (Fsp3) is 0.115. The molecule has 2 heterocycles. The number of para-hydroxylation sites is 1. The lowest BCUT2D eigenvalue weighted by Crippen LogP contribution is -2.26. The van der Waals surface area contributed by atoms with Gasteiger partial charge >= 0.3 is 0 Å². The van der Waals surface area contributed by atoms with Gasteiger partial charge < -0.3 is 10.2 Å². The Morgan fingerprint density at radius 2 is 1.68 bits per heavy atom. The van der Waals surface area contributed by atoms with E-state index in [2.05, 4.69) is 30.6 Å². The third-order valence-corrected chi connectivity index (χ3v) is 7.20. The maximum absolute atomic E-state index is 13.1. The minimum absolute atomic E-state index is 0.00209. The summed E-state index contributed by atoms with van der Waals surface area (Å²) in [5, 5.41) is 14.5. The first kappa shape index (κ1) is 25.3. The standard InChI is InChI=1S/C26H24N8O2S/c1-19-5-3-4-6-24(19)34(2)26-30-16-23(17-31-26)37(35,36)22-9-7-20(8-10-22)15-29-25(32-18-27)33-21-11-13-28-14-12-21/h3-14,16-17H,15H2,1-2H3,(H2,28,29,32,33). The van der Waals surface area contributed by atoms with Crippen LogP contribution in [0.25, 0.3) is 0 Å². The van der Waals surface area contributed by atoms with Crippen molar-refractivity contribution in [1.29, 1.82) is 5.26 Å². The molecule has 4 rings (SSSR count). The molecular formula is C26H24N8O2S. The third kappa shape index (κ3) is 6.06. The van der Waals surface area contributed by atoms with E-state index >= 15 is 0 Å². The Hall–Kier alpha value is -4.82. The summed E-state index contributed by atoms with van der Waals surface area (Å²) < 4.78 is 26.2. The van der Waals surface area contributed by atoms with Crippen molar-refractivity contribution in [3.05, 3.63) is 96.6 Å². The lowest BCUT2D eigenvalue weighted by atomic mass is 10.2. The zero-order chi connectivity index (χ0) is 26.3. The fourth-order valence-electron chi connectivity index (χ4n) is 3.48. The van der Waals surface area contributed by atoms with Gasteiger partial charge in [-0.1, -0.05) is 30.3 Å². The van der Waals surface area contributed by atoms with E-state index in [0.717, 1.165) is 22.5 Å². The Kier molecular flexibility index (Phi) is 7.71. The van der Waals surface area contributed by atoms with Gasteiger partial charge in [0.15, 0.2) is 6.19 Å². The summed E-state index contributed by atoms with van der Waals surface area (Å²) >= 11 is 0. The number of anilines is 3. The van der Waals surface area contributed by atoms with Crippen LogP contribution in [-0.2, 0) is 16.4 Å². The molecule has 37 heavy (non-hydrogen) atoms. The smallest absolute Gasteiger partial charge is 0.229 e. The van der Waals surface area contributed by atoms with Crippen molar-refractivity contribution in [2.45, 2.75) is 23.3 Å². The van der Waals surface area contributed by atoms with Crippen LogP contribution < -0.4 is 15.5 Å². The summed E-state index contributed by atoms with van der Waals surface area (Å²) in [6.07, 6.45) is 7.71. The molecule has 11 heteroatoms. The summed E-state index contributed by atoms with van der Waals surface area (Å²) in [5.74, 6) is 0.655. The van der Waals surface area contributed by atoms with Crippen molar-refractivity contribution in [2.24, 2.45) is 4.99 Å².